The van der Waals surface area contributed by atoms with E-state index in [4.69, 9.17) is 16.2 Å². The van der Waals surface area contributed by atoms with Gasteiger partial charge in [-0.2, -0.15) is 0 Å². The Hall–Kier alpha value is -1.14. The lowest BCUT2D eigenvalue weighted by Crippen LogP contribution is -2.57. The maximum absolute atomic E-state index is 12.5. The van der Waals surface area contributed by atoms with Crippen molar-refractivity contribution < 1.29 is 14.3 Å². The summed E-state index contributed by atoms with van der Waals surface area (Å²) in [5.41, 5.74) is 11.0. The van der Waals surface area contributed by atoms with E-state index < -0.39 is 11.9 Å². The zero-order valence-electron chi connectivity index (χ0n) is 12.0. The molecule has 1 heterocycles. The Balaban J connectivity index is 2.79. The first-order chi connectivity index (χ1) is 8.76. The molecule has 1 fully saturated rings. The van der Waals surface area contributed by atoms with E-state index in [9.17, 15) is 9.59 Å². The Labute approximate surface area is 114 Å². The summed E-state index contributed by atoms with van der Waals surface area (Å²) in [5.74, 6) is -0.899. The van der Waals surface area contributed by atoms with Crippen molar-refractivity contribution in [2.45, 2.75) is 33.2 Å². The van der Waals surface area contributed by atoms with E-state index in [1.165, 1.54) is 4.90 Å². The zero-order chi connectivity index (χ0) is 14.6. The number of carbonyl (C=O) groups excluding carboxylic acids is 2. The Morgan fingerprint density at radius 3 is 2.53 bits per heavy atom. The lowest BCUT2D eigenvalue weighted by atomic mass is 9.84. The highest BCUT2D eigenvalue weighted by Crippen LogP contribution is 2.26. The van der Waals surface area contributed by atoms with Crippen LogP contribution in [-0.2, 0) is 14.3 Å². The van der Waals surface area contributed by atoms with Crippen LogP contribution in [0.5, 0.6) is 0 Å². The molecule has 2 atom stereocenters. The third-order valence-corrected chi connectivity index (χ3v) is 3.23. The van der Waals surface area contributed by atoms with Crippen molar-refractivity contribution in [1.29, 1.82) is 0 Å². The molecule has 0 saturated carbocycles. The van der Waals surface area contributed by atoms with Gasteiger partial charge in [-0.1, -0.05) is 20.8 Å². The molecule has 0 bridgehead atoms. The van der Waals surface area contributed by atoms with E-state index in [0.29, 0.717) is 19.6 Å². The topological polar surface area (TPSA) is 98.7 Å². The predicted molar refractivity (Wildman–Crippen MR) is 72.1 cm³/mol. The molecule has 0 aromatic carbocycles. The van der Waals surface area contributed by atoms with E-state index in [1.54, 1.807) is 0 Å². The average Bonchev–Trinajstić information content (AvgIpc) is 2.34. The monoisotopic (exact) mass is 271 g/mol. The quantitative estimate of drug-likeness (QED) is 0.734. The van der Waals surface area contributed by atoms with Crippen LogP contribution in [0.2, 0.25) is 0 Å². The van der Waals surface area contributed by atoms with Crippen molar-refractivity contribution >= 4 is 11.8 Å². The first kappa shape index (κ1) is 15.9. The maximum Gasteiger partial charge on any atom is 0.242 e. The van der Waals surface area contributed by atoms with Gasteiger partial charge in [0.25, 0.3) is 0 Å². The molecular formula is C13H25N3O3. The molecule has 1 aliphatic rings. The Kier molecular flexibility index (Phi) is 5.31. The van der Waals surface area contributed by atoms with Gasteiger partial charge in [0.05, 0.1) is 19.1 Å². The lowest BCUT2D eigenvalue weighted by molar-refractivity contribution is -0.150. The van der Waals surface area contributed by atoms with Crippen LogP contribution in [-0.4, -0.2) is 49.1 Å². The third-order valence-electron chi connectivity index (χ3n) is 3.23. The van der Waals surface area contributed by atoms with E-state index in [1.807, 2.05) is 0 Å². The largest absolute Gasteiger partial charge is 0.377 e. The molecule has 0 aromatic heterocycles. The van der Waals surface area contributed by atoms with Crippen LogP contribution in [0.15, 0.2) is 0 Å². The molecule has 0 aromatic rings. The van der Waals surface area contributed by atoms with Gasteiger partial charge in [-0.3, -0.25) is 9.59 Å². The molecule has 2 unspecified atom stereocenters. The lowest BCUT2D eigenvalue weighted by Gasteiger charge is -2.37. The van der Waals surface area contributed by atoms with Crippen LogP contribution in [0.1, 0.15) is 27.2 Å². The zero-order valence-corrected chi connectivity index (χ0v) is 12.0. The van der Waals surface area contributed by atoms with Crippen LogP contribution < -0.4 is 11.5 Å². The number of amides is 2. The van der Waals surface area contributed by atoms with Gasteiger partial charge in [0, 0.05) is 13.1 Å². The first-order valence-electron chi connectivity index (χ1n) is 6.64. The van der Waals surface area contributed by atoms with Gasteiger partial charge in [0.1, 0.15) is 6.04 Å². The van der Waals surface area contributed by atoms with Crippen LogP contribution in [0.25, 0.3) is 0 Å². The van der Waals surface area contributed by atoms with Gasteiger partial charge < -0.3 is 21.1 Å². The second-order valence-electron chi connectivity index (χ2n) is 6.22. The predicted octanol–water partition coefficient (Wildman–Crippen LogP) is -0.290. The molecule has 110 valence electrons. The summed E-state index contributed by atoms with van der Waals surface area (Å²) in [5, 5.41) is 0. The summed E-state index contributed by atoms with van der Waals surface area (Å²) >= 11 is 0. The average molecular weight is 271 g/mol. The van der Waals surface area contributed by atoms with Crippen molar-refractivity contribution in [2.75, 3.05) is 26.3 Å². The second-order valence-corrected chi connectivity index (χ2v) is 6.22. The summed E-state index contributed by atoms with van der Waals surface area (Å²) < 4.78 is 5.21. The first-order valence-corrected chi connectivity index (χ1v) is 6.64. The van der Waals surface area contributed by atoms with Gasteiger partial charge in [-0.15, -0.1) is 0 Å². The highest BCUT2D eigenvalue weighted by molar-refractivity contribution is 5.88. The van der Waals surface area contributed by atoms with Crippen molar-refractivity contribution in [3.05, 3.63) is 0 Å². The number of hydrogen-bond donors (Lipinski definition) is 2. The van der Waals surface area contributed by atoms with Crippen molar-refractivity contribution in [3.8, 4) is 0 Å². The van der Waals surface area contributed by atoms with E-state index in [-0.39, 0.29) is 30.4 Å². The molecular weight excluding hydrogens is 246 g/mol. The maximum atomic E-state index is 12.5. The number of ether oxygens (including phenoxy) is 1. The van der Waals surface area contributed by atoms with Gasteiger partial charge in [0.2, 0.25) is 11.8 Å². The number of primary amides is 1. The summed E-state index contributed by atoms with van der Waals surface area (Å²) in [4.78, 5) is 25.4. The number of hydrogen-bond acceptors (Lipinski definition) is 4. The number of carbonyl (C=O) groups is 2. The minimum Gasteiger partial charge on any atom is -0.377 e. The van der Waals surface area contributed by atoms with Crippen LogP contribution in [0, 0.1) is 11.3 Å². The van der Waals surface area contributed by atoms with Crippen LogP contribution in [0.3, 0.4) is 0 Å². The minimum absolute atomic E-state index is 0.00814. The molecule has 2 amide bonds. The fourth-order valence-corrected chi connectivity index (χ4v) is 2.35. The highest BCUT2D eigenvalue weighted by Gasteiger charge is 2.35. The number of rotatable bonds is 4. The summed E-state index contributed by atoms with van der Waals surface area (Å²) in [6.45, 7) is 7.47. The molecule has 0 spiro atoms. The normalized spacial score (nSPS) is 22.1. The molecule has 6 heteroatoms. The van der Waals surface area contributed by atoms with Crippen molar-refractivity contribution in [1.82, 2.24) is 4.90 Å². The molecule has 1 aliphatic heterocycles. The van der Waals surface area contributed by atoms with Gasteiger partial charge in [-0.25, -0.2) is 0 Å². The molecule has 1 rings (SSSR count). The summed E-state index contributed by atoms with van der Waals surface area (Å²) in [7, 11) is 0. The fraction of sp³-hybridized carbons (Fsp3) is 0.846. The second kappa shape index (κ2) is 6.34. The smallest absolute Gasteiger partial charge is 0.242 e. The third kappa shape index (κ3) is 4.47. The molecule has 0 radical (unpaired) electrons. The Morgan fingerprint density at radius 2 is 2.05 bits per heavy atom. The summed E-state index contributed by atoms with van der Waals surface area (Å²) in [6, 6.07) is -0.671. The fourth-order valence-electron chi connectivity index (χ4n) is 2.35. The summed E-state index contributed by atoms with van der Waals surface area (Å²) in [6.07, 6.45) is 0.686. The van der Waals surface area contributed by atoms with E-state index in [0.717, 1.165) is 0 Å². The van der Waals surface area contributed by atoms with Crippen molar-refractivity contribution in [3.63, 3.8) is 0 Å². The van der Waals surface area contributed by atoms with Crippen LogP contribution in [0.4, 0.5) is 0 Å². The van der Waals surface area contributed by atoms with Crippen LogP contribution >= 0.6 is 0 Å². The number of morpholine rings is 1. The number of nitrogens with two attached hydrogens (primary N) is 2. The Bertz CT molecular complexity index is 339. The molecule has 6 nitrogen and oxygen atoms in total. The minimum atomic E-state index is -0.671. The van der Waals surface area contributed by atoms with Gasteiger partial charge in [0.15, 0.2) is 0 Å². The van der Waals surface area contributed by atoms with Gasteiger partial charge >= 0.3 is 0 Å². The van der Waals surface area contributed by atoms with Crippen molar-refractivity contribution in [2.24, 2.45) is 22.8 Å². The molecule has 4 N–H and O–H groups in total. The number of nitrogens with zero attached hydrogens (tertiary/aromatic N) is 1. The highest BCUT2D eigenvalue weighted by atomic mass is 16.5. The van der Waals surface area contributed by atoms with E-state index >= 15 is 0 Å². The Morgan fingerprint density at radius 1 is 1.42 bits per heavy atom. The molecule has 19 heavy (non-hydrogen) atoms. The van der Waals surface area contributed by atoms with E-state index in [2.05, 4.69) is 20.8 Å². The standard InChI is InChI=1S/C13H25N3O3/c1-13(2,3)6-9(7-14)12(18)16-4-5-19-8-10(16)11(15)17/h9-10H,4-8,14H2,1-3H3,(H2,15,17). The molecule has 1 saturated heterocycles. The SMILES string of the molecule is CC(C)(C)CC(CN)C(=O)N1CCOCC1C(N)=O. The van der Waals surface area contributed by atoms with Gasteiger partial charge in [-0.05, 0) is 11.8 Å². The molecule has 0 aliphatic carbocycles.